The van der Waals surface area contributed by atoms with Crippen molar-refractivity contribution in [2.75, 3.05) is 17.4 Å². The number of nitrogens with zero attached hydrogens (tertiary/aromatic N) is 3. The normalized spacial score (nSPS) is 11.7. The first-order valence-corrected chi connectivity index (χ1v) is 8.03. The number of hydrogen-bond acceptors (Lipinski definition) is 7. The highest BCUT2D eigenvalue weighted by atomic mass is 16.7. The van der Waals surface area contributed by atoms with Gasteiger partial charge in [0.15, 0.2) is 11.5 Å². The molecule has 128 valence electrons. The van der Waals surface area contributed by atoms with Crippen molar-refractivity contribution in [3.8, 4) is 17.6 Å². The molecule has 2 heterocycles. The molecule has 0 saturated heterocycles. The SMILES string of the molecule is N#Cc1cccc(Nc2nccc(NCc3ccc4c(c3)OCO4)n2)c1. The van der Waals surface area contributed by atoms with Gasteiger partial charge in [0, 0.05) is 18.4 Å². The Morgan fingerprint density at radius 2 is 2.00 bits per heavy atom. The van der Waals surface area contributed by atoms with Crippen LogP contribution >= 0.6 is 0 Å². The molecule has 3 aromatic rings. The summed E-state index contributed by atoms with van der Waals surface area (Å²) < 4.78 is 10.7. The fraction of sp³-hybridized carbons (Fsp3) is 0.105. The number of aromatic nitrogens is 2. The third kappa shape index (κ3) is 3.49. The summed E-state index contributed by atoms with van der Waals surface area (Å²) in [5.74, 6) is 2.67. The molecule has 1 aliphatic rings. The maximum atomic E-state index is 8.97. The van der Waals surface area contributed by atoms with Gasteiger partial charge in [-0.15, -0.1) is 0 Å². The van der Waals surface area contributed by atoms with Gasteiger partial charge < -0.3 is 20.1 Å². The van der Waals surface area contributed by atoms with E-state index in [-0.39, 0.29) is 6.79 Å². The van der Waals surface area contributed by atoms with Crippen LogP contribution < -0.4 is 20.1 Å². The van der Waals surface area contributed by atoms with Gasteiger partial charge in [-0.3, -0.25) is 0 Å². The van der Waals surface area contributed by atoms with E-state index >= 15 is 0 Å². The third-order valence-electron chi connectivity index (χ3n) is 3.81. The topological polar surface area (TPSA) is 92.1 Å². The second-order valence-corrected chi connectivity index (χ2v) is 5.62. The van der Waals surface area contributed by atoms with Gasteiger partial charge in [-0.2, -0.15) is 10.2 Å². The Labute approximate surface area is 150 Å². The molecular weight excluding hydrogens is 330 g/mol. The Hall–Kier alpha value is -3.79. The van der Waals surface area contributed by atoms with Gasteiger partial charge in [-0.05, 0) is 42.0 Å². The molecule has 0 amide bonds. The van der Waals surface area contributed by atoms with Crippen LogP contribution in [0, 0.1) is 11.3 Å². The van der Waals surface area contributed by atoms with E-state index in [2.05, 4.69) is 26.7 Å². The second-order valence-electron chi connectivity index (χ2n) is 5.62. The molecule has 0 unspecified atom stereocenters. The number of nitriles is 1. The predicted molar refractivity (Wildman–Crippen MR) is 96.4 cm³/mol. The number of anilines is 3. The molecule has 7 heteroatoms. The van der Waals surface area contributed by atoms with Crippen LogP contribution in [-0.4, -0.2) is 16.8 Å². The maximum Gasteiger partial charge on any atom is 0.231 e. The van der Waals surface area contributed by atoms with Gasteiger partial charge in [0.05, 0.1) is 11.6 Å². The number of fused-ring (bicyclic) bond motifs is 1. The minimum atomic E-state index is 0.264. The zero-order chi connectivity index (χ0) is 17.8. The highest BCUT2D eigenvalue weighted by molar-refractivity contribution is 5.57. The van der Waals surface area contributed by atoms with Crippen LogP contribution in [0.4, 0.5) is 17.5 Å². The molecule has 0 atom stereocenters. The number of rotatable bonds is 5. The first-order valence-electron chi connectivity index (χ1n) is 8.03. The Kier molecular flexibility index (Phi) is 4.23. The number of nitrogens with one attached hydrogen (secondary N) is 2. The molecule has 0 saturated carbocycles. The quantitative estimate of drug-likeness (QED) is 0.732. The van der Waals surface area contributed by atoms with E-state index in [1.807, 2.05) is 30.3 Å². The fourth-order valence-corrected chi connectivity index (χ4v) is 2.56. The number of benzene rings is 2. The van der Waals surface area contributed by atoms with Crippen LogP contribution in [0.3, 0.4) is 0 Å². The van der Waals surface area contributed by atoms with Gasteiger partial charge >= 0.3 is 0 Å². The molecule has 2 aromatic carbocycles. The van der Waals surface area contributed by atoms with Crippen molar-refractivity contribution in [3.63, 3.8) is 0 Å². The van der Waals surface area contributed by atoms with Crippen molar-refractivity contribution in [3.05, 3.63) is 65.9 Å². The second kappa shape index (κ2) is 6.99. The van der Waals surface area contributed by atoms with Crippen molar-refractivity contribution in [1.29, 1.82) is 5.26 Å². The summed E-state index contributed by atoms with van der Waals surface area (Å²) in [4.78, 5) is 8.65. The predicted octanol–water partition coefficient (Wildman–Crippen LogP) is 3.43. The molecule has 1 aromatic heterocycles. The average molecular weight is 345 g/mol. The van der Waals surface area contributed by atoms with Gasteiger partial charge in [0.2, 0.25) is 12.7 Å². The van der Waals surface area contributed by atoms with Crippen LogP contribution in [0.1, 0.15) is 11.1 Å². The van der Waals surface area contributed by atoms with E-state index in [4.69, 9.17) is 14.7 Å². The molecule has 7 nitrogen and oxygen atoms in total. The molecule has 0 radical (unpaired) electrons. The van der Waals surface area contributed by atoms with Crippen LogP contribution in [0.15, 0.2) is 54.7 Å². The summed E-state index contributed by atoms with van der Waals surface area (Å²) in [7, 11) is 0. The molecule has 1 aliphatic heterocycles. The lowest BCUT2D eigenvalue weighted by Crippen LogP contribution is -2.04. The van der Waals surface area contributed by atoms with E-state index in [0.29, 0.717) is 23.9 Å². The van der Waals surface area contributed by atoms with Crippen LogP contribution in [0.2, 0.25) is 0 Å². The Morgan fingerprint density at radius 3 is 2.92 bits per heavy atom. The van der Waals surface area contributed by atoms with Gasteiger partial charge in [-0.25, -0.2) is 4.98 Å². The minimum absolute atomic E-state index is 0.264. The molecular formula is C19H15N5O2. The lowest BCUT2D eigenvalue weighted by atomic mass is 10.2. The number of ether oxygens (including phenoxy) is 2. The molecule has 0 bridgehead atoms. The summed E-state index contributed by atoms with van der Waals surface area (Å²) in [6.07, 6.45) is 1.67. The first kappa shape index (κ1) is 15.7. The van der Waals surface area contributed by atoms with E-state index in [1.54, 1.807) is 24.4 Å². The molecule has 4 rings (SSSR count). The molecule has 0 aliphatic carbocycles. The molecule has 26 heavy (non-hydrogen) atoms. The summed E-state index contributed by atoms with van der Waals surface area (Å²) in [6, 6.07) is 16.9. The van der Waals surface area contributed by atoms with E-state index in [1.165, 1.54) is 0 Å². The maximum absolute atomic E-state index is 8.97. The Morgan fingerprint density at radius 1 is 1.08 bits per heavy atom. The zero-order valence-electron chi connectivity index (χ0n) is 13.8. The van der Waals surface area contributed by atoms with Gasteiger partial charge in [-0.1, -0.05) is 12.1 Å². The van der Waals surface area contributed by atoms with Gasteiger partial charge in [0.1, 0.15) is 5.82 Å². The average Bonchev–Trinajstić information content (AvgIpc) is 3.15. The van der Waals surface area contributed by atoms with Crippen molar-refractivity contribution in [2.45, 2.75) is 6.54 Å². The summed E-state index contributed by atoms with van der Waals surface area (Å²) >= 11 is 0. The lowest BCUT2D eigenvalue weighted by Gasteiger charge is -2.09. The van der Waals surface area contributed by atoms with Crippen LogP contribution in [0.25, 0.3) is 0 Å². The summed E-state index contributed by atoms with van der Waals surface area (Å²) in [5, 5.41) is 15.3. The van der Waals surface area contributed by atoms with Crippen molar-refractivity contribution >= 4 is 17.5 Å². The summed E-state index contributed by atoms with van der Waals surface area (Å²) in [5.41, 5.74) is 2.40. The molecule has 0 fully saturated rings. The highest BCUT2D eigenvalue weighted by Gasteiger charge is 2.13. The fourth-order valence-electron chi connectivity index (χ4n) is 2.56. The smallest absolute Gasteiger partial charge is 0.231 e. The Balaban J connectivity index is 1.43. The highest BCUT2D eigenvalue weighted by Crippen LogP contribution is 2.32. The molecule has 2 N–H and O–H groups in total. The zero-order valence-corrected chi connectivity index (χ0v) is 13.8. The van der Waals surface area contributed by atoms with E-state index < -0.39 is 0 Å². The van der Waals surface area contributed by atoms with Gasteiger partial charge in [0.25, 0.3) is 0 Å². The van der Waals surface area contributed by atoms with Crippen molar-refractivity contribution < 1.29 is 9.47 Å². The van der Waals surface area contributed by atoms with E-state index in [0.717, 1.165) is 22.7 Å². The molecule has 0 spiro atoms. The Bertz CT molecular complexity index is 984. The summed E-state index contributed by atoms with van der Waals surface area (Å²) in [6.45, 7) is 0.858. The van der Waals surface area contributed by atoms with Crippen molar-refractivity contribution in [2.24, 2.45) is 0 Å². The van der Waals surface area contributed by atoms with Crippen molar-refractivity contribution in [1.82, 2.24) is 9.97 Å². The van der Waals surface area contributed by atoms with Crippen LogP contribution in [0.5, 0.6) is 11.5 Å². The van der Waals surface area contributed by atoms with E-state index in [9.17, 15) is 0 Å². The monoisotopic (exact) mass is 345 g/mol. The minimum Gasteiger partial charge on any atom is -0.454 e. The van der Waals surface area contributed by atoms with Crippen LogP contribution in [-0.2, 0) is 6.54 Å². The standard InChI is InChI=1S/C19H15N5O2/c20-10-13-2-1-3-15(8-13)23-19-21-7-6-18(24-19)22-11-14-4-5-16-17(9-14)26-12-25-16/h1-9H,11-12H2,(H2,21,22,23,24). The lowest BCUT2D eigenvalue weighted by molar-refractivity contribution is 0.174. The first-order chi connectivity index (χ1) is 12.8. The number of hydrogen-bond donors (Lipinski definition) is 2. The largest absolute Gasteiger partial charge is 0.454 e. The third-order valence-corrected chi connectivity index (χ3v) is 3.81.